The number of benzene rings is 7. The molecule has 2 nitrogen and oxygen atoms in total. The Morgan fingerprint density at radius 3 is 1.56 bits per heavy atom. The summed E-state index contributed by atoms with van der Waals surface area (Å²) < 4.78 is 7.21. The third kappa shape index (κ3) is 6.26. The summed E-state index contributed by atoms with van der Waals surface area (Å²) in [6.07, 6.45) is 0. The van der Waals surface area contributed by atoms with Gasteiger partial charge in [-0.1, -0.05) is 187 Å². The van der Waals surface area contributed by atoms with Crippen molar-refractivity contribution in [3.05, 3.63) is 172 Å². The summed E-state index contributed by atoms with van der Waals surface area (Å²) >= 11 is 0. The van der Waals surface area contributed by atoms with Crippen molar-refractivity contribution in [3.63, 3.8) is 0 Å². The minimum atomic E-state index is -0.180. The lowest BCUT2D eigenvalue weighted by Gasteiger charge is -2.32. The Labute approximate surface area is 376 Å². The molecule has 2 aliphatic rings. The first-order chi connectivity index (χ1) is 29.6. The van der Waals surface area contributed by atoms with Gasteiger partial charge in [0.05, 0.1) is 5.69 Å². The molecular formula is C61H63NO. The molecule has 2 aliphatic carbocycles. The lowest BCUT2D eigenvalue weighted by atomic mass is 9.79. The van der Waals surface area contributed by atoms with E-state index in [9.17, 15) is 0 Å². The summed E-state index contributed by atoms with van der Waals surface area (Å²) in [5, 5.41) is 2.34. The van der Waals surface area contributed by atoms with Gasteiger partial charge in [0.2, 0.25) is 0 Å². The Bertz CT molecular complexity index is 3180. The van der Waals surface area contributed by atoms with Gasteiger partial charge in [-0.05, 0) is 115 Å². The number of anilines is 3. The van der Waals surface area contributed by atoms with Crippen molar-refractivity contribution in [2.24, 2.45) is 0 Å². The van der Waals surface area contributed by atoms with Crippen LogP contribution in [0.4, 0.5) is 17.1 Å². The van der Waals surface area contributed by atoms with Gasteiger partial charge < -0.3 is 9.32 Å². The van der Waals surface area contributed by atoms with E-state index >= 15 is 0 Å². The van der Waals surface area contributed by atoms with E-state index in [2.05, 4.69) is 229 Å². The highest BCUT2D eigenvalue weighted by Crippen LogP contribution is 2.55. The van der Waals surface area contributed by atoms with Gasteiger partial charge in [-0.25, -0.2) is 0 Å². The zero-order valence-corrected chi connectivity index (χ0v) is 40.0. The van der Waals surface area contributed by atoms with Crippen LogP contribution in [0.15, 0.2) is 132 Å². The largest absolute Gasteiger partial charge is 0.455 e. The molecule has 0 amide bonds. The zero-order chi connectivity index (χ0) is 44.8. The number of para-hydroxylation sites is 2. The number of nitrogens with zero attached hydrogens (tertiary/aromatic N) is 1. The van der Waals surface area contributed by atoms with E-state index in [1.54, 1.807) is 0 Å². The molecule has 0 fully saturated rings. The zero-order valence-electron chi connectivity index (χ0n) is 40.0. The fraction of sp³-hybridized carbons (Fsp3) is 0.311. The van der Waals surface area contributed by atoms with E-state index in [0.717, 1.165) is 44.7 Å². The average molecular weight is 826 g/mol. The summed E-state index contributed by atoms with van der Waals surface area (Å²) in [6, 6.07) is 48.8. The highest BCUT2D eigenvalue weighted by Gasteiger charge is 2.39. The van der Waals surface area contributed by atoms with E-state index in [1.165, 1.54) is 72.1 Å². The molecule has 7 aromatic carbocycles. The SMILES string of the molecule is Cc1cccc(-c2cccc3c2oc2c(C(C)(C)C)cc(C(C)(C)C)cc23)c1N(c1ccc2c(c1)C(C)(C)c1ccccc1-2)c1ccc2c(c1)C(C)(C)c1cc(C(C)(C)C)ccc1-2. The molecule has 0 atom stereocenters. The first-order valence-corrected chi connectivity index (χ1v) is 23.0. The van der Waals surface area contributed by atoms with Crippen LogP contribution < -0.4 is 4.90 Å². The molecule has 0 unspecified atom stereocenters. The Kier molecular flexibility index (Phi) is 8.87. The van der Waals surface area contributed by atoms with Crippen molar-refractivity contribution >= 4 is 39.0 Å². The molecule has 1 heterocycles. The molecule has 0 N–H and O–H groups in total. The third-order valence-corrected chi connectivity index (χ3v) is 14.6. The maximum absolute atomic E-state index is 7.21. The lowest BCUT2D eigenvalue weighted by Crippen LogP contribution is -2.19. The van der Waals surface area contributed by atoms with Crippen molar-refractivity contribution < 1.29 is 4.42 Å². The molecule has 10 rings (SSSR count). The first-order valence-electron chi connectivity index (χ1n) is 23.0. The Morgan fingerprint density at radius 2 is 0.937 bits per heavy atom. The maximum Gasteiger partial charge on any atom is 0.143 e. The Morgan fingerprint density at radius 1 is 0.413 bits per heavy atom. The number of hydrogen-bond acceptors (Lipinski definition) is 2. The summed E-state index contributed by atoms with van der Waals surface area (Å²) in [5.74, 6) is 0. The van der Waals surface area contributed by atoms with Gasteiger partial charge in [0, 0.05) is 49.7 Å². The van der Waals surface area contributed by atoms with Gasteiger partial charge in [-0.15, -0.1) is 0 Å². The summed E-state index contributed by atoms with van der Waals surface area (Å²) in [5.41, 5.74) is 23.2. The highest BCUT2D eigenvalue weighted by molar-refractivity contribution is 6.12. The molecule has 63 heavy (non-hydrogen) atoms. The molecule has 0 spiro atoms. The highest BCUT2D eigenvalue weighted by atomic mass is 16.3. The lowest BCUT2D eigenvalue weighted by molar-refractivity contribution is 0.559. The van der Waals surface area contributed by atoms with Crippen LogP contribution in [0.25, 0.3) is 55.3 Å². The van der Waals surface area contributed by atoms with E-state index < -0.39 is 0 Å². The molecule has 0 saturated carbocycles. The van der Waals surface area contributed by atoms with E-state index in [0.29, 0.717) is 0 Å². The van der Waals surface area contributed by atoms with E-state index in [1.807, 2.05) is 0 Å². The van der Waals surface area contributed by atoms with Crippen LogP contribution in [-0.2, 0) is 27.1 Å². The summed E-state index contributed by atoms with van der Waals surface area (Å²) in [4.78, 5) is 2.55. The van der Waals surface area contributed by atoms with E-state index in [4.69, 9.17) is 4.42 Å². The molecule has 0 aliphatic heterocycles. The van der Waals surface area contributed by atoms with Crippen LogP contribution in [0.3, 0.4) is 0 Å². The minimum absolute atomic E-state index is 0.00786. The topological polar surface area (TPSA) is 16.4 Å². The molecular weight excluding hydrogens is 763 g/mol. The van der Waals surface area contributed by atoms with Gasteiger partial charge in [0.25, 0.3) is 0 Å². The average Bonchev–Trinajstić information content (AvgIpc) is 3.79. The van der Waals surface area contributed by atoms with E-state index in [-0.39, 0.29) is 27.1 Å². The van der Waals surface area contributed by atoms with Gasteiger partial charge >= 0.3 is 0 Å². The molecule has 1 aromatic heterocycles. The van der Waals surface area contributed by atoms with Gasteiger partial charge in [0.15, 0.2) is 0 Å². The number of aryl methyl sites for hydroxylation is 1. The normalized spacial score (nSPS) is 15.1. The Hall–Kier alpha value is -5.86. The molecule has 0 radical (unpaired) electrons. The van der Waals surface area contributed by atoms with Crippen molar-refractivity contribution in [1.29, 1.82) is 0 Å². The number of furan rings is 1. The standard InChI is InChI=1S/C61H63NO/c1-36-19-17-21-45(46-22-18-23-47-48-31-38(58(5,6)7)33-53(59(8,9)10)56(48)63-55(46)47)54(36)62(39-26-29-43-41-20-15-16-24-49(41)60(11,12)51(43)34-39)40-27-30-44-42-28-25-37(57(2,3)4)32-50(42)61(13,14)52(44)35-40/h15-35H,1-14H3. The van der Waals surface area contributed by atoms with Crippen LogP contribution in [0.2, 0.25) is 0 Å². The van der Waals surface area contributed by atoms with Crippen molar-refractivity contribution in [2.75, 3.05) is 4.90 Å². The fourth-order valence-electron chi connectivity index (χ4n) is 10.8. The third-order valence-electron chi connectivity index (χ3n) is 14.6. The van der Waals surface area contributed by atoms with Crippen LogP contribution >= 0.6 is 0 Å². The van der Waals surface area contributed by atoms with Crippen molar-refractivity contribution in [3.8, 4) is 33.4 Å². The van der Waals surface area contributed by atoms with Crippen LogP contribution in [0.5, 0.6) is 0 Å². The second-order valence-corrected chi connectivity index (χ2v) is 22.8. The van der Waals surface area contributed by atoms with Gasteiger partial charge in [-0.2, -0.15) is 0 Å². The number of rotatable bonds is 4. The monoisotopic (exact) mass is 825 g/mol. The minimum Gasteiger partial charge on any atom is -0.455 e. The van der Waals surface area contributed by atoms with Crippen LogP contribution in [-0.4, -0.2) is 0 Å². The predicted molar refractivity (Wildman–Crippen MR) is 270 cm³/mol. The summed E-state index contributed by atoms with van der Waals surface area (Å²) in [6.45, 7) is 32.6. The smallest absolute Gasteiger partial charge is 0.143 e. The predicted octanol–water partition coefficient (Wildman–Crippen LogP) is 17.5. The molecule has 0 bridgehead atoms. The van der Waals surface area contributed by atoms with Crippen LogP contribution in [0, 0.1) is 6.92 Å². The van der Waals surface area contributed by atoms with Crippen molar-refractivity contribution in [1.82, 2.24) is 0 Å². The second-order valence-electron chi connectivity index (χ2n) is 22.8. The quantitative estimate of drug-likeness (QED) is 0.176. The molecule has 8 aromatic rings. The fourth-order valence-corrected chi connectivity index (χ4v) is 10.8. The molecule has 318 valence electrons. The summed E-state index contributed by atoms with van der Waals surface area (Å²) in [7, 11) is 0. The number of fused-ring (bicyclic) bond motifs is 9. The first kappa shape index (κ1) is 41.2. The number of hydrogen-bond donors (Lipinski definition) is 0. The second kappa shape index (κ2) is 13.6. The van der Waals surface area contributed by atoms with Gasteiger partial charge in [0.1, 0.15) is 11.2 Å². The van der Waals surface area contributed by atoms with Crippen LogP contribution in [0.1, 0.15) is 135 Å². The molecule has 0 saturated heterocycles. The maximum atomic E-state index is 7.21. The molecule has 2 heteroatoms. The van der Waals surface area contributed by atoms with Gasteiger partial charge in [-0.3, -0.25) is 0 Å². The Balaban J connectivity index is 1.23. The van der Waals surface area contributed by atoms with Crippen molar-refractivity contribution in [2.45, 2.75) is 124 Å².